The van der Waals surface area contributed by atoms with Crippen molar-refractivity contribution >= 4 is 33.6 Å². The van der Waals surface area contributed by atoms with E-state index in [1.54, 1.807) is 6.08 Å². The molecule has 4 nitrogen and oxygen atoms in total. The highest BCUT2D eigenvalue weighted by Gasteiger charge is 2.02. The number of nitrogens with zero attached hydrogens (tertiary/aromatic N) is 1. The van der Waals surface area contributed by atoms with Crippen molar-refractivity contribution in [3.63, 3.8) is 0 Å². The average Bonchev–Trinajstić information content (AvgIpc) is 3.01. The first-order valence-electron chi connectivity index (χ1n) is 7.61. The number of aryl methyl sites for hydroxylation is 1. The number of benzene rings is 2. The van der Waals surface area contributed by atoms with Gasteiger partial charge in [0.05, 0.1) is 10.2 Å². The third kappa shape index (κ3) is 4.20. The smallest absolute Gasteiger partial charge is 0.330 e. The Kier molecular flexibility index (Phi) is 5.23. The molecule has 0 radical (unpaired) electrons. The Morgan fingerprint density at radius 2 is 1.92 bits per heavy atom. The summed E-state index contributed by atoms with van der Waals surface area (Å²) in [5.41, 5.74) is 1.99. The van der Waals surface area contributed by atoms with Gasteiger partial charge in [0.25, 0.3) is 0 Å². The summed E-state index contributed by atoms with van der Waals surface area (Å²) in [6, 6.07) is 15.6. The lowest BCUT2D eigenvalue weighted by Gasteiger charge is -2.08. The molecule has 0 spiro atoms. The Bertz CT molecular complexity index is 837. The number of esters is 1. The van der Waals surface area contributed by atoms with Crippen LogP contribution in [0.25, 0.3) is 16.3 Å². The number of hydrogen-bond acceptors (Lipinski definition) is 5. The van der Waals surface area contributed by atoms with Gasteiger partial charge >= 0.3 is 5.97 Å². The lowest BCUT2D eigenvalue weighted by Crippen LogP contribution is -2.10. The van der Waals surface area contributed by atoms with Gasteiger partial charge in [-0.1, -0.05) is 30.3 Å². The maximum absolute atomic E-state index is 11.7. The van der Waals surface area contributed by atoms with Gasteiger partial charge in [-0.25, -0.2) is 9.78 Å². The first-order chi connectivity index (χ1) is 11.7. The van der Waals surface area contributed by atoms with Crippen molar-refractivity contribution in [2.75, 3.05) is 13.2 Å². The minimum Gasteiger partial charge on any atom is -0.490 e. The number of fused-ring (bicyclic) bond motifs is 1. The maximum Gasteiger partial charge on any atom is 0.330 e. The first-order valence-corrected chi connectivity index (χ1v) is 8.43. The molecular weight excluding hydrogens is 322 g/mol. The van der Waals surface area contributed by atoms with E-state index >= 15 is 0 Å². The molecule has 2 aromatic carbocycles. The van der Waals surface area contributed by atoms with Crippen molar-refractivity contribution in [2.45, 2.75) is 6.92 Å². The highest BCUT2D eigenvalue weighted by atomic mass is 32.1. The molecule has 5 heteroatoms. The molecule has 0 bridgehead atoms. The van der Waals surface area contributed by atoms with Crippen LogP contribution in [-0.4, -0.2) is 24.2 Å². The fraction of sp³-hybridized carbons (Fsp3) is 0.158. The predicted molar refractivity (Wildman–Crippen MR) is 96.3 cm³/mol. The van der Waals surface area contributed by atoms with Crippen molar-refractivity contribution in [2.24, 2.45) is 0 Å². The van der Waals surface area contributed by atoms with Crippen LogP contribution in [0.1, 0.15) is 10.6 Å². The normalized spacial score (nSPS) is 11.0. The van der Waals surface area contributed by atoms with E-state index in [4.69, 9.17) is 9.47 Å². The second kappa shape index (κ2) is 7.75. The van der Waals surface area contributed by atoms with Gasteiger partial charge in [-0.2, -0.15) is 0 Å². The van der Waals surface area contributed by atoms with Crippen molar-refractivity contribution in [3.05, 3.63) is 65.2 Å². The van der Waals surface area contributed by atoms with Crippen LogP contribution in [0, 0.1) is 6.92 Å². The standard InChI is InChI=1S/C19H17NO3S/c1-14-6-2-4-8-16(14)22-12-13-23-19(21)11-10-18-20-15-7-3-5-9-17(15)24-18/h2-11H,12-13H2,1H3/b11-10+. The molecule has 1 aromatic heterocycles. The summed E-state index contributed by atoms with van der Waals surface area (Å²) in [7, 11) is 0. The molecule has 0 atom stereocenters. The highest BCUT2D eigenvalue weighted by Crippen LogP contribution is 2.22. The van der Waals surface area contributed by atoms with Crippen LogP contribution in [0.3, 0.4) is 0 Å². The Morgan fingerprint density at radius 3 is 2.75 bits per heavy atom. The maximum atomic E-state index is 11.7. The van der Waals surface area contributed by atoms with Crippen molar-refractivity contribution in [1.29, 1.82) is 0 Å². The van der Waals surface area contributed by atoms with Crippen LogP contribution in [0.4, 0.5) is 0 Å². The fourth-order valence-electron chi connectivity index (χ4n) is 2.16. The van der Waals surface area contributed by atoms with E-state index in [1.165, 1.54) is 17.4 Å². The number of thiazole rings is 1. The summed E-state index contributed by atoms with van der Waals surface area (Å²) >= 11 is 1.54. The molecule has 3 rings (SSSR count). The summed E-state index contributed by atoms with van der Waals surface area (Å²) in [6.45, 7) is 2.50. The van der Waals surface area contributed by atoms with Crippen molar-refractivity contribution in [1.82, 2.24) is 4.98 Å². The number of aromatic nitrogens is 1. The zero-order valence-electron chi connectivity index (χ0n) is 13.3. The van der Waals surface area contributed by atoms with E-state index in [9.17, 15) is 4.79 Å². The average molecular weight is 339 g/mol. The van der Waals surface area contributed by atoms with E-state index in [0.29, 0.717) is 6.61 Å². The summed E-state index contributed by atoms with van der Waals surface area (Å²) < 4.78 is 11.8. The molecule has 24 heavy (non-hydrogen) atoms. The summed E-state index contributed by atoms with van der Waals surface area (Å²) in [5.74, 6) is 0.404. The minimum absolute atomic E-state index is 0.206. The van der Waals surface area contributed by atoms with Gasteiger partial charge in [-0.3, -0.25) is 0 Å². The third-order valence-corrected chi connectivity index (χ3v) is 4.35. The largest absolute Gasteiger partial charge is 0.490 e. The Hall–Kier alpha value is -2.66. The molecule has 0 aliphatic rings. The van der Waals surface area contributed by atoms with Crippen molar-refractivity contribution in [3.8, 4) is 5.75 Å². The van der Waals surface area contributed by atoms with Gasteiger partial charge in [0.15, 0.2) is 0 Å². The molecular formula is C19H17NO3S. The summed E-state index contributed by atoms with van der Waals surface area (Å²) in [5, 5.41) is 0.782. The number of carbonyl (C=O) groups excluding carboxylic acids is 1. The first kappa shape index (κ1) is 16.2. The lowest BCUT2D eigenvalue weighted by molar-refractivity contribution is -0.138. The number of rotatable bonds is 6. The van der Waals surface area contributed by atoms with Crippen LogP contribution in [0.2, 0.25) is 0 Å². The number of ether oxygens (including phenoxy) is 2. The number of para-hydroxylation sites is 2. The zero-order chi connectivity index (χ0) is 16.8. The molecule has 0 aliphatic carbocycles. The monoisotopic (exact) mass is 339 g/mol. The van der Waals surface area contributed by atoms with Crippen LogP contribution in [0.5, 0.6) is 5.75 Å². The van der Waals surface area contributed by atoms with Crippen molar-refractivity contribution < 1.29 is 14.3 Å². The molecule has 0 saturated carbocycles. The molecule has 0 amide bonds. The van der Waals surface area contributed by atoms with Gasteiger partial charge in [-0.15, -0.1) is 11.3 Å². The van der Waals surface area contributed by atoms with E-state index in [-0.39, 0.29) is 6.61 Å². The SMILES string of the molecule is Cc1ccccc1OCCOC(=O)/C=C/c1nc2ccccc2s1. The van der Waals surface area contributed by atoms with Gasteiger partial charge in [0.1, 0.15) is 24.0 Å². The van der Waals surface area contributed by atoms with Gasteiger partial charge in [0.2, 0.25) is 0 Å². The Labute approximate surface area is 144 Å². The fourth-order valence-corrected chi connectivity index (χ4v) is 3.03. The van der Waals surface area contributed by atoms with Crippen LogP contribution in [-0.2, 0) is 9.53 Å². The molecule has 0 N–H and O–H groups in total. The third-order valence-electron chi connectivity index (χ3n) is 3.35. The second-order valence-electron chi connectivity index (χ2n) is 5.13. The van der Waals surface area contributed by atoms with E-state index in [0.717, 1.165) is 26.5 Å². The predicted octanol–water partition coefficient (Wildman–Crippen LogP) is 4.24. The topological polar surface area (TPSA) is 48.4 Å². The molecule has 0 saturated heterocycles. The van der Waals surface area contributed by atoms with Crippen LogP contribution < -0.4 is 4.74 Å². The summed E-state index contributed by atoms with van der Waals surface area (Å²) in [4.78, 5) is 16.2. The van der Waals surface area contributed by atoms with Gasteiger partial charge in [-0.05, 0) is 36.8 Å². The molecule has 0 aliphatic heterocycles. The number of hydrogen-bond donors (Lipinski definition) is 0. The Morgan fingerprint density at radius 1 is 1.12 bits per heavy atom. The van der Waals surface area contributed by atoms with E-state index in [2.05, 4.69) is 4.98 Å². The minimum atomic E-state index is -0.400. The van der Waals surface area contributed by atoms with E-state index in [1.807, 2.05) is 55.5 Å². The number of carbonyl (C=O) groups is 1. The second-order valence-corrected chi connectivity index (χ2v) is 6.20. The quantitative estimate of drug-likeness (QED) is 0.383. The van der Waals surface area contributed by atoms with Gasteiger partial charge in [0, 0.05) is 6.08 Å². The lowest BCUT2D eigenvalue weighted by atomic mass is 10.2. The Balaban J connectivity index is 1.46. The molecule has 122 valence electrons. The summed E-state index contributed by atoms with van der Waals surface area (Å²) in [6.07, 6.45) is 3.07. The molecule has 1 heterocycles. The zero-order valence-corrected chi connectivity index (χ0v) is 14.1. The molecule has 0 fully saturated rings. The highest BCUT2D eigenvalue weighted by molar-refractivity contribution is 7.19. The molecule has 3 aromatic rings. The van der Waals surface area contributed by atoms with Crippen LogP contribution in [0.15, 0.2) is 54.6 Å². The van der Waals surface area contributed by atoms with Crippen LogP contribution >= 0.6 is 11.3 Å². The van der Waals surface area contributed by atoms with E-state index < -0.39 is 5.97 Å². The van der Waals surface area contributed by atoms with Gasteiger partial charge < -0.3 is 9.47 Å². The molecule has 0 unspecified atom stereocenters.